The molecule has 0 radical (unpaired) electrons. The number of rotatable bonds is 2. The van der Waals surface area contributed by atoms with Crippen LogP contribution in [0.25, 0.3) is 0 Å². The van der Waals surface area contributed by atoms with Gasteiger partial charge in [-0.25, -0.2) is 4.39 Å². The van der Waals surface area contributed by atoms with Crippen LogP contribution in [0, 0.1) is 5.82 Å². The summed E-state index contributed by atoms with van der Waals surface area (Å²) in [6, 6.07) is 11.1. The van der Waals surface area contributed by atoms with Gasteiger partial charge in [0, 0.05) is 14.5 Å². The standard InChI is InChI=1S/C13H7Br2FO/c14-9-3-1-8(2-4-9)13(17)11-7-10(15)5-6-12(11)16/h1-7H. The second-order valence-electron chi connectivity index (χ2n) is 3.46. The smallest absolute Gasteiger partial charge is 0.196 e. The van der Waals surface area contributed by atoms with Crippen molar-refractivity contribution in [2.75, 3.05) is 0 Å². The highest BCUT2D eigenvalue weighted by Crippen LogP contribution is 2.20. The second-order valence-corrected chi connectivity index (χ2v) is 5.29. The summed E-state index contributed by atoms with van der Waals surface area (Å²) in [5, 5.41) is 0. The van der Waals surface area contributed by atoms with Crippen molar-refractivity contribution < 1.29 is 9.18 Å². The zero-order chi connectivity index (χ0) is 12.4. The lowest BCUT2D eigenvalue weighted by Crippen LogP contribution is -2.04. The van der Waals surface area contributed by atoms with Crippen LogP contribution in [0.4, 0.5) is 4.39 Å². The van der Waals surface area contributed by atoms with Crippen molar-refractivity contribution in [2.24, 2.45) is 0 Å². The van der Waals surface area contributed by atoms with Crippen molar-refractivity contribution in [2.45, 2.75) is 0 Å². The van der Waals surface area contributed by atoms with Gasteiger partial charge < -0.3 is 0 Å². The van der Waals surface area contributed by atoms with Crippen molar-refractivity contribution >= 4 is 37.6 Å². The lowest BCUT2D eigenvalue weighted by molar-refractivity contribution is 0.103. The van der Waals surface area contributed by atoms with Crippen LogP contribution in [0.15, 0.2) is 51.4 Å². The van der Waals surface area contributed by atoms with Crippen LogP contribution in [0.5, 0.6) is 0 Å². The maximum Gasteiger partial charge on any atom is 0.196 e. The van der Waals surface area contributed by atoms with Crippen molar-refractivity contribution in [3.8, 4) is 0 Å². The number of carbonyl (C=O) groups is 1. The Morgan fingerprint density at radius 2 is 1.53 bits per heavy atom. The number of ketones is 1. The molecule has 0 aromatic heterocycles. The summed E-state index contributed by atoms with van der Waals surface area (Å²) in [7, 11) is 0. The molecule has 0 aliphatic carbocycles. The van der Waals surface area contributed by atoms with Gasteiger partial charge in [0.2, 0.25) is 0 Å². The van der Waals surface area contributed by atoms with E-state index in [4.69, 9.17) is 0 Å². The van der Waals surface area contributed by atoms with Gasteiger partial charge in [-0.2, -0.15) is 0 Å². The molecule has 0 aliphatic heterocycles. The van der Waals surface area contributed by atoms with E-state index in [1.54, 1.807) is 30.3 Å². The molecule has 0 bridgehead atoms. The molecule has 0 unspecified atom stereocenters. The highest BCUT2D eigenvalue weighted by molar-refractivity contribution is 9.10. The maximum atomic E-state index is 13.5. The fourth-order valence-electron chi connectivity index (χ4n) is 1.43. The van der Waals surface area contributed by atoms with Gasteiger partial charge >= 0.3 is 0 Å². The molecule has 86 valence electrons. The fraction of sp³-hybridized carbons (Fsp3) is 0. The van der Waals surface area contributed by atoms with E-state index in [-0.39, 0.29) is 11.3 Å². The van der Waals surface area contributed by atoms with Crippen molar-refractivity contribution in [1.29, 1.82) is 0 Å². The van der Waals surface area contributed by atoms with E-state index in [1.165, 1.54) is 12.1 Å². The number of carbonyl (C=O) groups excluding carboxylic acids is 1. The quantitative estimate of drug-likeness (QED) is 0.719. The molecule has 2 rings (SSSR count). The molecular weight excluding hydrogens is 351 g/mol. The Kier molecular flexibility index (Phi) is 3.74. The van der Waals surface area contributed by atoms with Gasteiger partial charge in [-0.3, -0.25) is 4.79 Å². The SMILES string of the molecule is O=C(c1ccc(Br)cc1)c1cc(Br)ccc1F. The zero-order valence-electron chi connectivity index (χ0n) is 8.58. The van der Waals surface area contributed by atoms with Crippen LogP contribution in [-0.2, 0) is 0 Å². The van der Waals surface area contributed by atoms with Crippen LogP contribution < -0.4 is 0 Å². The Bertz CT molecular complexity index is 564. The van der Waals surface area contributed by atoms with Gasteiger partial charge in [-0.1, -0.05) is 31.9 Å². The molecule has 17 heavy (non-hydrogen) atoms. The number of benzene rings is 2. The molecule has 4 heteroatoms. The molecule has 0 saturated heterocycles. The Morgan fingerprint density at radius 1 is 0.941 bits per heavy atom. The largest absolute Gasteiger partial charge is 0.288 e. The summed E-state index contributed by atoms with van der Waals surface area (Å²) in [4.78, 5) is 12.1. The van der Waals surface area contributed by atoms with Crippen LogP contribution >= 0.6 is 31.9 Å². The topological polar surface area (TPSA) is 17.1 Å². The van der Waals surface area contributed by atoms with E-state index in [0.717, 1.165) is 4.47 Å². The normalized spacial score (nSPS) is 10.3. The van der Waals surface area contributed by atoms with E-state index in [9.17, 15) is 9.18 Å². The number of hydrogen-bond donors (Lipinski definition) is 0. The second kappa shape index (κ2) is 5.10. The van der Waals surface area contributed by atoms with Gasteiger partial charge in [0.05, 0.1) is 5.56 Å². The van der Waals surface area contributed by atoms with E-state index >= 15 is 0 Å². The van der Waals surface area contributed by atoms with Gasteiger partial charge in [0.15, 0.2) is 5.78 Å². The predicted molar refractivity (Wildman–Crippen MR) is 71.7 cm³/mol. The lowest BCUT2D eigenvalue weighted by Gasteiger charge is -2.03. The van der Waals surface area contributed by atoms with Crippen LogP contribution in [0.3, 0.4) is 0 Å². The first-order chi connectivity index (χ1) is 8.08. The highest BCUT2D eigenvalue weighted by atomic mass is 79.9. The third-order valence-electron chi connectivity index (χ3n) is 2.28. The number of hydrogen-bond acceptors (Lipinski definition) is 1. The van der Waals surface area contributed by atoms with Gasteiger partial charge in [0.25, 0.3) is 0 Å². The minimum atomic E-state index is -0.513. The van der Waals surface area contributed by atoms with Crippen LogP contribution in [0.1, 0.15) is 15.9 Å². The molecular formula is C13H7Br2FO. The number of halogens is 3. The molecule has 0 atom stereocenters. The monoisotopic (exact) mass is 356 g/mol. The third-order valence-corrected chi connectivity index (χ3v) is 3.30. The summed E-state index contributed by atoms with van der Waals surface area (Å²) < 4.78 is 15.1. The van der Waals surface area contributed by atoms with Crippen LogP contribution in [-0.4, -0.2) is 5.78 Å². The van der Waals surface area contributed by atoms with Crippen molar-refractivity contribution in [3.63, 3.8) is 0 Å². The fourth-order valence-corrected chi connectivity index (χ4v) is 2.05. The lowest BCUT2D eigenvalue weighted by atomic mass is 10.0. The summed E-state index contributed by atoms with van der Waals surface area (Å²) >= 11 is 6.51. The molecule has 0 saturated carbocycles. The van der Waals surface area contributed by atoms with E-state index < -0.39 is 5.82 Å². The van der Waals surface area contributed by atoms with Crippen molar-refractivity contribution in [1.82, 2.24) is 0 Å². The van der Waals surface area contributed by atoms with Crippen LogP contribution in [0.2, 0.25) is 0 Å². The molecule has 2 aromatic carbocycles. The summed E-state index contributed by atoms with van der Waals surface area (Å²) in [5.74, 6) is -0.836. The molecule has 1 nitrogen and oxygen atoms in total. The minimum absolute atomic E-state index is 0.0710. The minimum Gasteiger partial charge on any atom is -0.288 e. The average Bonchev–Trinajstić information content (AvgIpc) is 2.32. The van der Waals surface area contributed by atoms with E-state index in [0.29, 0.717) is 10.0 Å². The molecule has 0 amide bonds. The van der Waals surface area contributed by atoms with Crippen molar-refractivity contribution in [3.05, 3.63) is 68.4 Å². The first kappa shape index (κ1) is 12.5. The first-order valence-electron chi connectivity index (χ1n) is 4.83. The molecule has 0 N–H and O–H groups in total. The summed E-state index contributed by atoms with van der Waals surface area (Å²) in [5.41, 5.74) is 0.534. The zero-order valence-corrected chi connectivity index (χ0v) is 11.8. The summed E-state index contributed by atoms with van der Waals surface area (Å²) in [6.07, 6.45) is 0. The molecule has 2 aromatic rings. The average molecular weight is 358 g/mol. The third kappa shape index (κ3) is 2.82. The van der Waals surface area contributed by atoms with E-state index in [1.807, 2.05) is 0 Å². The molecule has 0 aliphatic rings. The summed E-state index contributed by atoms with van der Waals surface area (Å²) in [6.45, 7) is 0. The van der Waals surface area contributed by atoms with E-state index in [2.05, 4.69) is 31.9 Å². The Morgan fingerprint density at radius 3 is 2.18 bits per heavy atom. The Balaban J connectivity index is 2.43. The first-order valence-corrected chi connectivity index (χ1v) is 6.42. The highest BCUT2D eigenvalue weighted by Gasteiger charge is 2.14. The van der Waals surface area contributed by atoms with Gasteiger partial charge in [-0.15, -0.1) is 0 Å². The predicted octanol–water partition coefficient (Wildman–Crippen LogP) is 4.58. The van der Waals surface area contributed by atoms with Gasteiger partial charge in [-0.05, 0) is 42.5 Å². The Labute approximate surface area is 115 Å². The van der Waals surface area contributed by atoms with Gasteiger partial charge in [0.1, 0.15) is 5.82 Å². The maximum absolute atomic E-state index is 13.5. The molecule has 0 fully saturated rings. The Hall–Kier alpha value is -1.00. The molecule has 0 spiro atoms. The molecule has 0 heterocycles.